The van der Waals surface area contributed by atoms with E-state index in [1.807, 2.05) is 0 Å². The van der Waals surface area contributed by atoms with Crippen LogP contribution in [0.25, 0.3) is 0 Å². The molecule has 9 heteroatoms. The summed E-state index contributed by atoms with van der Waals surface area (Å²) in [5, 5.41) is -0.615. The fourth-order valence-electron chi connectivity index (χ4n) is 1.20. The normalized spacial score (nSPS) is 15.6. The molecule has 0 saturated heterocycles. The molecule has 0 fully saturated rings. The average Bonchev–Trinajstić information content (AvgIpc) is 2.25. The van der Waals surface area contributed by atoms with Crippen molar-refractivity contribution < 1.29 is 32.1 Å². The third kappa shape index (κ3) is 4.03. The maximum Gasteiger partial charge on any atom is 0.471 e. The molecule has 0 spiro atoms. The zero-order valence-corrected chi connectivity index (χ0v) is 10.4. The van der Waals surface area contributed by atoms with E-state index in [9.17, 15) is 27.3 Å². The van der Waals surface area contributed by atoms with Crippen LogP contribution in [0.1, 0.15) is 19.8 Å². The van der Waals surface area contributed by atoms with Gasteiger partial charge in [0.05, 0.1) is 15.6 Å². The summed E-state index contributed by atoms with van der Waals surface area (Å²) in [6.07, 6.45) is -5.05. The number of hydrogen-bond acceptors (Lipinski definition) is 4. The molecule has 1 N–H and O–H groups in total. The highest BCUT2D eigenvalue weighted by Gasteiger charge is 2.47. The van der Waals surface area contributed by atoms with E-state index in [0.717, 1.165) is 7.11 Å². The Labute approximate surface area is 96.9 Å². The van der Waals surface area contributed by atoms with Crippen molar-refractivity contribution in [2.45, 2.75) is 31.2 Å². The predicted molar refractivity (Wildman–Crippen MR) is 54.2 cm³/mol. The van der Waals surface area contributed by atoms with E-state index in [1.54, 1.807) is 6.92 Å². The second-order valence-electron chi connectivity index (χ2n) is 3.28. The smallest absolute Gasteiger partial charge is 0.467 e. The third-order valence-electron chi connectivity index (χ3n) is 1.99. The first-order chi connectivity index (χ1) is 7.73. The molecular formula is C8H13F3NO4P. The van der Waals surface area contributed by atoms with Gasteiger partial charge in [-0.3, -0.25) is 4.79 Å². The molecule has 5 nitrogen and oxygen atoms in total. The largest absolute Gasteiger partial charge is 0.471 e. The molecule has 17 heavy (non-hydrogen) atoms. The standard InChI is InChI=1S/C8H13F3NO4P/c1-3-4-7(17-15,6(14)16-2)12-5(13)8(9,10)11/h3-4,17H2,1-2H3,(H,12,13). The summed E-state index contributed by atoms with van der Waals surface area (Å²) in [4.78, 5) is 22.1. The van der Waals surface area contributed by atoms with Crippen molar-refractivity contribution in [2.24, 2.45) is 0 Å². The van der Waals surface area contributed by atoms with Gasteiger partial charge in [-0.2, -0.15) is 13.2 Å². The first kappa shape index (κ1) is 16.0. The summed E-state index contributed by atoms with van der Waals surface area (Å²) < 4.78 is 51.5. The molecule has 0 radical (unpaired) electrons. The first-order valence-electron chi connectivity index (χ1n) is 4.67. The Kier molecular flexibility index (Phi) is 5.68. The molecular weight excluding hydrogens is 262 g/mol. The van der Waals surface area contributed by atoms with E-state index in [4.69, 9.17) is 0 Å². The van der Waals surface area contributed by atoms with Crippen molar-refractivity contribution in [1.82, 2.24) is 5.32 Å². The lowest BCUT2D eigenvalue weighted by atomic mass is 10.1. The maximum absolute atomic E-state index is 12.1. The minimum Gasteiger partial charge on any atom is -0.467 e. The number of alkyl halides is 3. The van der Waals surface area contributed by atoms with Crippen LogP contribution in [-0.2, 0) is 18.9 Å². The van der Waals surface area contributed by atoms with E-state index in [1.165, 1.54) is 5.32 Å². The summed E-state index contributed by atoms with van der Waals surface area (Å²) in [5.41, 5.74) is 0. The molecule has 0 aromatic carbocycles. The molecule has 2 unspecified atom stereocenters. The molecule has 0 aliphatic rings. The Balaban J connectivity index is 5.13. The number of carbonyl (C=O) groups excluding carboxylic acids is 2. The van der Waals surface area contributed by atoms with Crippen LogP contribution in [0.4, 0.5) is 13.2 Å². The minimum atomic E-state index is -5.14. The second-order valence-corrected chi connectivity index (χ2v) is 4.50. The summed E-state index contributed by atoms with van der Waals surface area (Å²) in [6.45, 7) is 1.58. The zero-order valence-electron chi connectivity index (χ0n) is 9.26. The number of amides is 1. The monoisotopic (exact) mass is 275 g/mol. The first-order valence-corrected chi connectivity index (χ1v) is 5.72. The molecule has 0 aromatic heterocycles. The highest BCUT2D eigenvalue weighted by atomic mass is 31.1. The van der Waals surface area contributed by atoms with Crippen LogP contribution in [0.15, 0.2) is 0 Å². The van der Waals surface area contributed by atoms with Crippen LogP contribution in [-0.4, -0.2) is 30.4 Å². The topological polar surface area (TPSA) is 72.5 Å². The van der Waals surface area contributed by atoms with Crippen LogP contribution in [0.3, 0.4) is 0 Å². The van der Waals surface area contributed by atoms with Crippen molar-refractivity contribution >= 4 is 20.3 Å². The Morgan fingerprint density at radius 3 is 2.18 bits per heavy atom. The Bertz CT molecular complexity index is 320. The lowest BCUT2D eigenvalue weighted by Gasteiger charge is -2.26. The minimum absolute atomic E-state index is 0.180. The van der Waals surface area contributed by atoms with Gasteiger partial charge in [-0.05, 0) is 6.42 Å². The molecule has 0 aliphatic carbocycles. The molecule has 0 rings (SSSR count). The van der Waals surface area contributed by atoms with Gasteiger partial charge in [-0.25, -0.2) is 4.79 Å². The number of halogens is 3. The molecule has 0 saturated carbocycles. The highest BCUT2D eigenvalue weighted by molar-refractivity contribution is 7.27. The zero-order chi connectivity index (χ0) is 13.7. The van der Waals surface area contributed by atoms with Crippen LogP contribution >= 0.6 is 8.46 Å². The van der Waals surface area contributed by atoms with Gasteiger partial charge < -0.3 is 14.6 Å². The number of ether oxygens (including phenoxy) is 1. The summed E-state index contributed by atoms with van der Waals surface area (Å²) in [6, 6.07) is 0. The molecule has 0 aliphatic heterocycles. The van der Waals surface area contributed by atoms with Gasteiger partial charge in [0.2, 0.25) is 0 Å². The van der Waals surface area contributed by atoms with Crippen LogP contribution < -0.4 is 5.32 Å². The number of nitrogens with one attached hydrogen (secondary N) is 1. The van der Waals surface area contributed by atoms with Crippen LogP contribution in [0.2, 0.25) is 0 Å². The van der Waals surface area contributed by atoms with Gasteiger partial charge in [0.1, 0.15) is 0 Å². The van der Waals surface area contributed by atoms with E-state index in [-0.39, 0.29) is 12.8 Å². The van der Waals surface area contributed by atoms with Gasteiger partial charge in [0.15, 0.2) is 5.28 Å². The fourth-order valence-corrected chi connectivity index (χ4v) is 2.01. The second kappa shape index (κ2) is 6.05. The number of hydrogen-bond donors (Lipinski definition) is 1. The van der Waals surface area contributed by atoms with Gasteiger partial charge in [0, 0.05) is 0 Å². The molecule has 1 amide bonds. The highest BCUT2D eigenvalue weighted by Crippen LogP contribution is 2.29. The molecule has 0 bridgehead atoms. The summed E-state index contributed by atoms with van der Waals surface area (Å²) in [7, 11) is -1.04. The number of methoxy groups -OCH3 is 1. The van der Waals surface area contributed by atoms with E-state index >= 15 is 0 Å². The van der Waals surface area contributed by atoms with E-state index < -0.39 is 31.8 Å². The van der Waals surface area contributed by atoms with Gasteiger partial charge in [0.25, 0.3) is 0 Å². The van der Waals surface area contributed by atoms with E-state index in [0.29, 0.717) is 0 Å². The van der Waals surface area contributed by atoms with Crippen molar-refractivity contribution in [3.05, 3.63) is 0 Å². The van der Waals surface area contributed by atoms with Crippen molar-refractivity contribution in [2.75, 3.05) is 7.11 Å². The summed E-state index contributed by atoms with van der Waals surface area (Å²) in [5.74, 6) is -3.44. The van der Waals surface area contributed by atoms with Crippen molar-refractivity contribution in [3.8, 4) is 0 Å². The Morgan fingerprint density at radius 1 is 1.35 bits per heavy atom. The predicted octanol–water partition coefficient (Wildman–Crippen LogP) is 1.09. The van der Waals surface area contributed by atoms with Crippen LogP contribution in [0, 0.1) is 0 Å². The Morgan fingerprint density at radius 2 is 1.88 bits per heavy atom. The molecule has 100 valence electrons. The van der Waals surface area contributed by atoms with Crippen LogP contribution in [0.5, 0.6) is 0 Å². The quantitative estimate of drug-likeness (QED) is 0.602. The summed E-state index contributed by atoms with van der Waals surface area (Å²) >= 11 is 0. The van der Waals surface area contributed by atoms with Gasteiger partial charge >= 0.3 is 18.1 Å². The van der Waals surface area contributed by atoms with Crippen molar-refractivity contribution in [3.63, 3.8) is 0 Å². The molecule has 0 aromatic rings. The molecule has 0 heterocycles. The fraction of sp³-hybridized carbons (Fsp3) is 0.750. The maximum atomic E-state index is 12.1. The number of carbonyl (C=O) groups is 2. The Hall–Kier alpha value is -1.04. The molecule has 2 atom stereocenters. The SMILES string of the molecule is CCCC(NC(=O)C(F)(F)F)([PH2]=O)C(=O)OC. The number of rotatable bonds is 5. The van der Waals surface area contributed by atoms with Gasteiger partial charge in [-0.1, -0.05) is 13.3 Å². The lowest BCUT2D eigenvalue weighted by molar-refractivity contribution is -0.176. The van der Waals surface area contributed by atoms with Crippen molar-refractivity contribution in [1.29, 1.82) is 0 Å². The third-order valence-corrected chi connectivity index (χ3v) is 3.06. The number of esters is 1. The van der Waals surface area contributed by atoms with Gasteiger partial charge in [-0.15, -0.1) is 0 Å². The lowest BCUT2D eigenvalue weighted by Crippen LogP contribution is -2.54. The van der Waals surface area contributed by atoms with E-state index in [2.05, 4.69) is 4.74 Å². The average molecular weight is 275 g/mol.